The Labute approximate surface area is 100 Å². The molecule has 0 atom stereocenters. The molecular formula is C12H16N2O3. The number of carbonyl (C=O) groups is 1. The van der Waals surface area contributed by atoms with Gasteiger partial charge in [-0.15, -0.1) is 5.11 Å². The van der Waals surface area contributed by atoms with Crippen LogP contribution in [0.3, 0.4) is 0 Å². The number of azo groups is 1. The SMILES string of the molecule is COc1ccc(N=NC(=O)OC(C)(C)C)cc1. The Hall–Kier alpha value is -1.91. The second-order valence-electron chi connectivity index (χ2n) is 4.38. The second-order valence-corrected chi connectivity index (χ2v) is 4.38. The van der Waals surface area contributed by atoms with Gasteiger partial charge in [0.15, 0.2) is 0 Å². The average molecular weight is 236 g/mol. The summed E-state index contributed by atoms with van der Waals surface area (Å²) >= 11 is 0. The molecule has 0 unspecified atom stereocenters. The zero-order valence-electron chi connectivity index (χ0n) is 10.4. The molecule has 1 rings (SSSR count). The van der Waals surface area contributed by atoms with E-state index in [1.165, 1.54) is 0 Å². The first-order valence-corrected chi connectivity index (χ1v) is 5.19. The number of methoxy groups -OCH3 is 1. The molecule has 0 N–H and O–H groups in total. The van der Waals surface area contributed by atoms with Gasteiger partial charge in [-0.05, 0) is 45.0 Å². The van der Waals surface area contributed by atoms with E-state index in [0.29, 0.717) is 5.69 Å². The van der Waals surface area contributed by atoms with Gasteiger partial charge in [-0.25, -0.2) is 4.79 Å². The van der Waals surface area contributed by atoms with Crippen molar-refractivity contribution in [1.82, 2.24) is 0 Å². The lowest BCUT2D eigenvalue weighted by molar-refractivity contribution is 0.0592. The van der Waals surface area contributed by atoms with Crippen molar-refractivity contribution in [2.45, 2.75) is 26.4 Å². The van der Waals surface area contributed by atoms with Crippen LogP contribution in [0.2, 0.25) is 0 Å². The van der Waals surface area contributed by atoms with Crippen molar-refractivity contribution in [1.29, 1.82) is 0 Å². The first kappa shape index (κ1) is 13.2. The Morgan fingerprint density at radius 1 is 1.18 bits per heavy atom. The standard InChI is InChI=1S/C12H16N2O3/c1-12(2,3)17-11(15)14-13-9-5-7-10(16-4)8-6-9/h5-8H,1-4H3. The number of benzene rings is 1. The van der Waals surface area contributed by atoms with Crippen LogP contribution in [0.4, 0.5) is 10.5 Å². The molecule has 0 saturated carbocycles. The number of amides is 1. The molecule has 0 aromatic heterocycles. The lowest BCUT2D eigenvalue weighted by Gasteiger charge is -2.16. The van der Waals surface area contributed by atoms with Gasteiger partial charge in [-0.1, -0.05) is 5.11 Å². The minimum Gasteiger partial charge on any atom is -0.497 e. The summed E-state index contributed by atoms with van der Waals surface area (Å²) < 4.78 is 9.98. The number of hydrogen-bond donors (Lipinski definition) is 0. The average Bonchev–Trinajstić information content (AvgIpc) is 2.25. The van der Waals surface area contributed by atoms with Gasteiger partial charge < -0.3 is 9.47 Å². The molecular weight excluding hydrogens is 220 g/mol. The Morgan fingerprint density at radius 3 is 2.24 bits per heavy atom. The second kappa shape index (κ2) is 5.43. The molecule has 1 aromatic carbocycles. The third-order valence-corrected chi connectivity index (χ3v) is 1.71. The van der Waals surface area contributed by atoms with Crippen LogP contribution in [-0.4, -0.2) is 18.8 Å². The minimum absolute atomic E-state index is 0.560. The normalized spacial score (nSPS) is 11.5. The summed E-state index contributed by atoms with van der Waals surface area (Å²) in [4.78, 5) is 11.2. The maximum absolute atomic E-state index is 11.2. The van der Waals surface area contributed by atoms with Crippen molar-refractivity contribution < 1.29 is 14.3 Å². The fraction of sp³-hybridized carbons (Fsp3) is 0.417. The van der Waals surface area contributed by atoms with Crippen molar-refractivity contribution in [2.75, 3.05) is 7.11 Å². The van der Waals surface area contributed by atoms with Gasteiger partial charge >= 0.3 is 6.09 Å². The molecule has 0 aliphatic heterocycles. The van der Waals surface area contributed by atoms with E-state index >= 15 is 0 Å². The lowest BCUT2D eigenvalue weighted by Crippen LogP contribution is -2.21. The van der Waals surface area contributed by atoms with Gasteiger partial charge in [0.1, 0.15) is 11.4 Å². The van der Waals surface area contributed by atoms with Crippen molar-refractivity contribution in [2.24, 2.45) is 10.2 Å². The number of hydrogen-bond acceptors (Lipinski definition) is 4. The summed E-state index contributed by atoms with van der Waals surface area (Å²) in [5, 5.41) is 7.22. The van der Waals surface area contributed by atoms with E-state index in [2.05, 4.69) is 10.2 Å². The number of carbonyl (C=O) groups excluding carboxylic acids is 1. The number of rotatable bonds is 2. The van der Waals surface area contributed by atoms with Crippen LogP contribution in [0.1, 0.15) is 20.8 Å². The Kier molecular flexibility index (Phi) is 4.20. The number of nitrogens with zero attached hydrogens (tertiary/aromatic N) is 2. The quantitative estimate of drug-likeness (QED) is 0.735. The molecule has 17 heavy (non-hydrogen) atoms. The van der Waals surface area contributed by atoms with E-state index in [-0.39, 0.29) is 0 Å². The monoisotopic (exact) mass is 236 g/mol. The van der Waals surface area contributed by atoms with Gasteiger partial charge in [-0.2, -0.15) is 0 Å². The summed E-state index contributed by atoms with van der Waals surface area (Å²) in [6, 6.07) is 6.88. The summed E-state index contributed by atoms with van der Waals surface area (Å²) in [7, 11) is 1.58. The van der Waals surface area contributed by atoms with Crippen LogP contribution >= 0.6 is 0 Å². The van der Waals surface area contributed by atoms with Crippen LogP contribution < -0.4 is 4.74 Å². The Morgan fingerprint density at radius 2 is 1.76 bits per heavy atom. The van der Waals surface area contributed by atoms with E-state index in [0.717, 1.165) is 5.75 Å². The predicted octanol–water partition coefficient (Wildman–Crippen LogP) is 3.71. The van der Waals surface area contributed by atoms with Gasteiger partial charge in [0.25, 0.3) is 0 Å². The highest BCUT2D eigenvalue weighted by Crippen LogP contribution is 2.18. The summed E-state index contributed by atoms with van der Waals surface area (Å²) in [5.74, 6) is 0.723. The molecule has 0 saturated heterocycles. The predicted molar refractivity (Wildman–Crippen MR) is 63.7 cm³/mol. The van der Waals surface area contributed by atoms with Crippen LogP contribution in [0, 0.1) is 0 Å². The minimum atomic E-state index is -0.701. The van der Waals surface area contributed by atoms with E-state index in [1.54, 1.807) is 52.1 Å². The largest absolute Gasteiger partial charge is 0.497 e. The van der Waals surface area contributed by atoms with E-state index in [1.807, 2.05) is 0 Å². The maximum Gasteiger partial charge on any atom is 0.452 e. The van der Waals surface area contributed by atoms with Crippen LogP contribution in [-0.2, 0) is 4.74 Å². The van der Waals surface area contributed by atoms with Gasteiger partial charge in [0, 0.05) is 0 Å². The molecule has 92 valence electrons. The summed E-state index contributed by atoms with van der Waals surface area (Å²) in [5.41, 5.74) is 0.00684. The van der Waals surface area contributed by atoms with E-state index in [9.17, 15) is 4.79 Å². The van der Waals surface area contributed by atoms with Crippen molar-refractivity contribution >= 4 is 11.8 Å². The lowest BCUT2D eigenvalue weighted by atomic mass is 10.2. The molecule has 0 aliphatic carbocycles. The molecule has 5 heteroatoms. The summed E-state index contributed by atoms with van der Waals surface area (Å²) in [6.45, 7) is 5.31. The fourth-order valence-corrected chi connectivity index (χ4v) is 1.03. The van der Waals surface area contributed by atoms with Crippen LogP contribution in [0.5, 0.6) is 5.75 Å². The molecule has 0 aliphatic rings. The van der Waals surface area contributed by atoms with Crippen molar-refractivity contribution in [3.05, 3.63) is 24.3 Å². The topological polar surface area (TPSA) is 60.2 Å². The maximum atomic E-state index is 11.2. The fourth-order valence-electron chi connectivity index (χ4n) is 1.03. The van der Waals surface area contributed by atoms with Crippen LogP contribution in [0.15, 0.2) is 34.5 Å². The third-order valence-electron chi connectivity index (χ3n) is 1.71. The number of ether oxygens (including phenoxy) is 2. The van der Waals surface area contributed by atoms with E-state index < -0.39 is 11.7 Å². The molecule has 0 radical (unpaired) electrons. The van der Waals surface area contributed by atoms with Gasteiger partial charge in [-0.3, -0.25) is 0 Å². The first-order valence-electron chi connectivity index (χ1n) is 5.19. The van der Waals surface area contributed by atoms with Crippen LogP contribution in [0.25, 0.3) is 0 Å². The zero-order chi connectivity index (χ0) is 12.9. The van der Waals surface area contributed by atoms with Gasteiger partial charge in [0.2, 0.25) is 0 Å². The van der Waals surface area contributed by atoms with Gasteiger partial charge in [0.05, 0.1) is 12.8 Å². The molecule has 1 amide bonds. The van der Waals surface area contributed by atoms with Crippen molar-refractivity contribution in [3.63, 3.8) is 0 Å². The molecule has 0 heterocycles. The molecule has 5 nitrogen and oxygen atoms in total. The van der Waals surface area contributed by atoms with E-state index in [4.69, 9.17) is 9.47 Å². The zero-order valence-corrected chi connectivity index (χ0v) is 10.4. The molecule has 0 bridgehead atoms. The molecule has 0 fully saturated rings. The first-order chi connectivity index (χ1) is 7.90. The highest BCUT2D eigenvalue weighted by Gasteiger charge is 2.15. The van der Waals surface area contributed by atoms with Crippen molar-refractivity contribution in [3.8, 4) is 5.75 Å². The Bertz CT molecular complexity index is 405. The molecule has 1 aromatic rings. The molecule has 0 spiro atoms. The highest BCUT2D eigenvalue weighted by molar-refractivity contribution is 5.68. The smallest absolute Gasteiger partial charge is 0.452 e. The summed E-state index contributed by atoms with van der Waals surface area (Å²) in [6.07, 6.45) is -0.701. The Balaban J connectivity index is 2.61. The highest BCUT2D eigenvalue weighted by atomic mass is 16.6. The third kappa shape index (κ3) is 5.10.